The van der Waals surface area contributed by atoms with Gasteiger partial charge in [0.05, 0.1) is 19.8 Å². The summed E-state index contributed by atoms with van der Waals surface area (Å²) in [4.78, 5) is 13.2. The molecule has 0 radical (unpaired) electrons. The van der Waals surface area contributed by atoms with E-state index in [2.05, 4.69) is 19.9 Å². The first kappa shape index (κ1) is 21.2. The van der Waals surface area contributed by atoms with Crippen molar-refractivity contribution in [2.45, 2.75) is 19.8 Å². The van der Waals surface area contributed by atoms with Crippen LogP contribution in [0.25, 0.3) is 42.3 Å². The molecule has 0 bridgehead atoms. The lowest BCUT2D eigenvalue weighted by atomic mass is 10.0. The fourth-order valence-corrected chi connectivity index (χ4v) is 6.16. The Morgan fingerprint density at radius 3 is 2.22 bits per heavy atom. The van der Waals surface area contributed by atoms with E-state index in [0.717, 1.165) is 42.3 Å². The number of pyridine rings is 1. The van der Waals surface area contributed by atoms with Gasteiger partial charge in [-0.3, -0.25) is 0 Å². The molecule has 5 aromatic rings. The third-order valence-electron chi connectivity index (χ3n) is 5.40. The minimum atomic E-state index is 0.424. The Morgan fingerprint density at radius 2 is 1.56 bits per heavy atom. The van der Waals surface area contributed by atoms with Crippen molar-refractivity contribution in [3.8, 4) is 33.2 Å². The SMILES string of the molecule is COc1cccc(OC)c1-c1nc2c(-c3ccccc3Cl)c3cc(C(C)C)sc3nc2s1. The van der Waals surface area contributed by atoms with Crippen LogP contribution in [-0.4, -0.2) is 24.2 Å². The number of halogens is 1. The van der Waals surface area contributed by atoms with Crippen molar-refractivity contribution in [3.63, 3.8) is 0 Å². The van der Waals surface area contributed by atoms with Crippen LogP contribution in [0, 0.1) is 0 Å². The van der Waals surface area contributed by atoms with Crippen LogP contribution < -0.4 is 9.47 Å². The molecule has 32 heavy (non-hydrogen) atoms. The van der Waals surface area contributed by atoms with Crippen molar-refractivity contribution < 1.29 is 9.47 Å². The molecule has 0 aliphatic carbocycles. The van der Waals surface area contributed by atoms with Crippen molar-refractivity contribution in [1.82, 2.24) is 9.97 Å². The van der Waals surface area contributed by atoms with Crippen LogP contribution in [0.1, 0.15) is 24.6 Å². The first-order valence-electron chi connectivity index (χ1n) is 10.2. The molecule has 0 amide bonds. The highest BCUT2D eigenvalue weighted by atomic mass is 35.5. The van der Waals surface area contributed by atoms with E-state index < -0.39 is 0 Å². The van der Waals surface area contributed by atoms with Crippen LogP contribution in [0.15, 0.2) is 48.5 Å². The molecule has 162 valence electrons. The topological polar surface area (TPSA) is 44.2 Å². The van der Waals surface area contributed by atoms with Crippen molar-refractivity contribution in [3.05, 3.63) is 58.4 Å². The van der Waals surface area contributed by atoms with Crippen molar-refractivity contribution >= 4 is 54.8 Å². The normalized spacial score (nSPS) is 11.6. The summed E-state index contributed by atoms with van der Waals surface area (Å²) in [6.45, 7) is 4.40. The zero-order valence-corrected chi connectivity index (χ0v) is 20.5. The van der Waals surface area contributed by atoms with Crippen molar-refractivity contribution in [1.29, 1.82) is 0 Å². The minimum absolute atomic E-state index is 0.424. The summed E-state index contributed by atoms with van der Waals surface area (Å²) in [7, 11) is 3.31. The molecule has 2 aromatic carbocycles. The average Bonchev–Trinajstić information content (AvgIpc) is 3.41. The molecule has 0 saturated heterocycles. The van der Waals surface area contributed by atoms with Gasteiger partial charge in [0, 0.05) is 26.4 Å². The Kier molecular flexibility index (Phi) is 5.53. The summed E-state index contributed by atoms with van der Waals surface area (Å²) in [5.41, 5.74) is 3.65. The lowest BCUT2D eigenvalue weighted by molar-refractivity contribution is 0.397. The molecule has 3 aromatic heterocycles. The van der Waals surface area contributed by atoms with Crippen LogP contribution in [0.2, 0.25) is 5.02 Å². The van der Waals surface area contributed by atoms with Gasteiger partial charge in [0.25, 0.3) is 0 Å². The molecule has 5 rings (SSSR count). The number of hydrogen-bond donors (Lipinski definition) is 0. The van der Waals surface area contributed by atoms with Gasteiger partial charge in [-0.1, -0.05) is 61.1 Å². The highest BCUT2D eigenvalue weighted by Gasteiger charge is 2.23. The minimum Gasteiger partial charge on any atom is -0.496 e. The number of nitrogens with zero attached hydrogens (tertiary/aromatic N) is 2. The average molecular weight is 481 g/mol. The molecule has 7 heteroatoms. The van der Waals surface area contributed by atoms with Gasteiger partial charge in [0.1, 0.15) is 31.7 Å². The van der Waals surface area contributed by atoms with E-state index in [0.29, 0.717) is 22.4 Å². The zero-order valence-electron chi connectivity index (χ0n) is 18.1. The summed E-state index contributed by atoms with van der Waals surface area (Å²) in [6.07, 6.45) is 0. The number of aromatic nitrogens is 2. The molecule has 0 fully saturated rings. The molecule has 0 spiro atoms. The lowest BCUT2D eigenvalue weighted by Crippen LogP contribution is -1.92. The molecular formula is C25H21ClN2O2S2. The van der Waals surface area contributed by atoms with Gasteiger partial charge in [0.15, 0.2) is 0 Å². The van der Waals surface area contributed by atoms with E-state index in [1.807, 2.05) is 42.5 Å². The van der Waals surface area contributed by atoms with E-state index in [9.17, 15) is 0 Å². The second-order valence-electron chi connectivity index (χ2n) is 7.70. The molecule has 3 heterocycles. The highest BCUT2D eigenvalue weighted by molar-refractivity contribution is 7.22. The van der Waals surface area contributed by atoms with Gasteiger partial charge >= 0.3 is 0 Å². The second-order valence-corrected chi connectivity index (χ2v) is 10.1. The summed E-state index contributed by atoms with van der Waals surface area (Å²) < 4.78 is 11.2. The van der Waals surface area contributed by atoms with E-state index in [1.165, 1.54) is 16.2 Å². The van der Waals surface area contributed by atoms with Gasteiger partial charge in [0.2, 0.25) is 0 Å². The molecule has 4 nitrogen and oxygen atoms in total. The van der Waals surface area contributed by atoms with Gasteiger partial charge < -0.3 is 9.47 Å². The standard InChI is InChI=1S/C25H21ClN2O2S2/c1-13(2)19-12-15-20(14-8-5-6-9-16(14)26)22-25(28-23(15)31-19)32-24(27-22)21-17(29-3)10-7-11-18(21)30-4/h5-13H,1-4H3. The largest absolute Gasteiger partial charge is 0.496 e. The number of methoxy groups -OCH3 is 2. The number of hydrogen-bond acceptors (Lipinski definition) is 6. The smallest absolute Gasteiger partial charge is 0.146 e. The Hall–Kier alpha value is -2.67. The van der Waals surface area contributed by atoms with Gasteiger partial charge in [-0.2, -0.15) is 0 Å². The van der Waals surface area contributed by atoms with E-state index >= 15 is 0 Å². The second kappa shape index (κ2) is 8.35. The van der Waals surface area contributed by atoms with Crippen LogP contribution in [0.5, 0.6) is 11.5 Å². The highest BCUT2D eigenvalue weighted by Crippen LogP contribution is 2.47. The molecular weight excluding hydrogens is 460 g/mol. The van der Waals surface area contributed by atoms with Crippen molar-refractivity contribution in [2.75, 3.05) is 14.2 Å². The summed E-state index contributed by atoms with van der Waals surface area (Å²) >= 11 is 9.94. The van der Waals surface area contributed by atoms with Crippen LogP contribution in [0.4, 0.5) is 0 Å². The lowest BCUT2D eigenvalue weighted by Gasteiger charge is -2.10. The summed E-state index contributed by atoms with van der Waals surface area (Å²) in [5.74, 6) is 1.85. The number of fused-ring (bicyclic) bond motifs is 2. The quantitative estimate of drug-likeness (QED) is 0.255. The monoisotopic (exact) mass is 480 g/mol. The molecule has 0 aliphatic rings. The molecule has 0 saturated carbocycles. The molecule has 0 atom stereocenters. The fourth-order valence-electron chi connectivity index (χ4n) is 3.82. The number of ether oxygens (including phenoxy) is 2. The van der Waals surface area contributed by atoms with E-state index in [-0.39, 0.29) is 0 Å². The Labute approximate surface area is 199 Å². The zero-order chi connectivity index (χ0) is 22.4. The van der Waals surface area contributed by atoms with E-state index in [1.54, 1.807) is 25.6 Å². The third kappa shape index (κ3) is 3.43. The molecule has 0 aliphatic heterocycles. The predicted octanol–water partition coefficient (Wildman–Crippen LogP) is 8.03. The summed E-state index contributed by atoms with van der Waals surface area (Å²) in [5, 5.41) is 2.59. The van der Waals surface area contributed by atoms with E-state index in [4.69, 9.17) is 31.0 Å². The number of thiazole rings is 1. The Bertz CT molecular complexity index is 1430. The molecule has 0 unspecified atom stereocenters. The van der Waals surface area contributed by atoms with Crippen molar-refractivity contribution in [2.24, 2.45) is 0 Å². The summed E-state index contributed by atoms with van der Waals surface area (Å²) in [6, 6.07) is 15.9. The van der Waals surface area contributed by atoms with Crippen LogP contribution in [0.3, 0.4) is 0 Å². The fraction of sp³-hybridized carbons (Fsp3) is 0.200. The number of benzene rings is 2. The van der Waals surface area contributed by atoms with Crippen LogP contribution >= 0.6 is 34.3 Å². The van der Waals surface area contributed by atoms with Gasteiger partial charge in [-0.25, -0.2) is 9.97 Å². The third-order valence-corrected chi connectivity index (χ3v) is 8.03. The maximum atomic E-state index is 6.67. The number of thiophene rings is 1. The Balaban J connectivity index is 1.87. The first-order valence-corrected chi connectivity index (χ1v) is 12.2. The van der Waals surface area contributed by atoms with Gasteiger partial charge in [-0.15, -0.1) is 11.3 Å². The maximum absolute atomic E-state index is 6.67. The Morgan fingerprint density at radius 1 is 0.844 bits per heavy atom. The predicted molar refractivity (Wildman–Crippen MR) is 136 cm³/mol. The van der Waals surface area contributed by atoms with Gasteiger partial charge in [-0.05, 0) is 30.2 Å². The first-order chi connectivity index (χ1) is 15.5. The maximum Gasteiger partial charge on any atom is 0.146 e. The number of rotatable bonds is 5. The molecule has 0 N–H and O–H groups in total. The van der Waals surface area contributed by atoms with Crippen LogP contribution in [-0.2, 0) is 0 Å².